The fraction of sp³-hybridized carbons (Fsp3) is 0.789. The third kappa shape index (κ3) is 63.6. The van der Waals surface area contributed by atoms with Gasteiger partial charge in [0, 0.05) is 12.8 Å². The molecular formula is C71H126O6. The SMILES string of the molecule is CC/C=C\C/C=C\C/C=C\C/C=C\C/C=C\CC(=O)OC(COC(=O)CCCCCCCCCCC)COC(=O)CCCCCCCCCCCCCCCCCCCCCCCCC/C=C\CCCCCCCCCC. The number of rotatable bonds is 61. The molecule has 0 heterocycles. The fourth-order valence-electron chi connectivity index (χ4n) is 9.75. The zero-order valence-electron chi connectivity index (χ0n) is 51.2. The summed E-state index contributed by atoms with van der Waals surface area (Å²) in [5.74, 6) is -1.03. The first kappa shape index (κ1) is 73.8. The number of unbranched alkanes of at least 4 members (excludes halogenated alkanes) is 39. The number of ether oxygens (including phenoxy) is 3. The smallest absolute Gasteiger partial charge is 0.310 e. The second-order valence-electron chi connectivity index (χ2n) is 22.4. The third-order valence-electron chi connectivity index (χ3n) is 14.7. The first-order chi connectivity index (χ1) is 38.0. The summed E-state index contributed by atoms with van der Waals surface area (Å²) in [6.45, 7) is 6.45. The lowest BCUT2D eigenvalue weighted by Crippen LogP contribution is -2.30. The van der Waals surface area contributed by atoms with Crippen molar-refractivity contribution in [3.63, 3.8) is 0 Å². The van der Waals surface area contributed by atoms with Gasteiger partial charge in [-0.2, -0.15) is 0 Å². The maximum atomic E-state index is 12.8. The molecule has 446 valence electrons. The van der Waals surface area contributed by atoms with Gasteiger partial charge >= 0.3 is 17.9 Å². The van der Waals surface area contributed by atoms with E-state index in [-0.39, 0.29) is 31.6 Å². The number of carbonyl (C=O) groups is 3. The summed E-state index contributed by atoms with van der Waals surface area (Å²) in [7, 11) is 0. The average Bonchev–Trinajstić information content (AvgIpc) is 3.43. The van der Waals surface area contributed by atoms with Gasteiger partial charge in [-0.15, -0.1) is 0 Å². The van der Waals surface area contributed by atoms with Crippen LogP contribution in [0.25, 0.3) is 0 Å². The summed E-state index contributed by atoms with van der Waals surface area (Å²) in [5.41, 5.74) is 0. The Balaban J connectivity index is 4.03. The number of carbonyl (C=O) groups excluding carboxylic acids is 3. The molecule has 0 aromatic heterocycles. The van der Waals surface area contributed by atoms with Crippen LogP contribution in [-0.2, 0) is 28.6 Å². The van der Waals surface area contributed by atoms with E-state index in [1.54, 1.807) is 6.08 Å². The van der Waals surface area contributed by atoms with E-state index in [2.05, 4.69) is 81.5 Å². The van der Waals surface area contributed by atoms with Gasteiger partial charge in [-0.25, -0.2) is 0 Å². The Bertz CT molecular complexity index is 1420. The maximum absolute atomic E-state index is 12.8. The zero-order chi connectivity index (χ0) is 55.7. The van der Waals surface area contributed by atoms with Gasteiger partial charge in [-0.05, 0) is 70.6 Å². The maximum Gasteiger partial charge on any atom is 0.310 e. The lowest BCUT2D eigenvalue weighted by atomic mass is 10.0. The van der Waals surface area contributed by atoms with Crippen molar-refractivity contribution in [3.05, 3.63) is 72.9 Å². The van der Waals surface area contributed by atoms with E-state index in [0.717, 1.165) is 70.6 Å². The van der Waals surface area contributed by atoms with Crippen molar-refractivity contribution in [2.24, 2.45) is 0 Å². The molecule has 0 saturated carbocycles. The Morgan fingerprint density at radius 3 is 0.844 bits per heavy atom. The molecule has 6 heteroatoms. The van der Waals surface area contributed by atoms with E-state index in [9.17, 15) is 14.4 Å². The predicted molar refractivity (Wildman–Crippen MR) is 335 cm³/mol. The van der Waals surface area contributed by atoms with Crippen molar-refractivity contribution >= 4 is 17.9 Å². The molecule has 0 bridgehead atoms. The molecule has 0 fully saturated rings. The van der Waals surface area contributed by atoms with Crippen LogP contribution in [0.3, 0.4) is 0 Å². The van der Waals surface area contributed by atoms with Crippen molar-refractivity contribution in [2.75, 3.05) is 13.2 Å². The molecule has 0 aromatic rings. The molecule has 0 spiro atoms. The first-order valence-corrected chi connectivity index (χ1v) is 33.4. The van der Waals surface area contributed by atoms with Crippen LogP contribution in [0.4, 0.5) is 0 Å². The van der Waals surface area contributed by atoms with Crippen LogP contribution in [0.5, 0.6) is 0 Å². The standard InChI is InChI=1S/C71H126O6/c1-4-7-10-13-16-19-21-23-25-26-27-28-29-30-31-32-33-34-35-36-37-38-39-40-41-42-43-44-46-47-49-52-55-58-61-64-70(73)76-67-68(66-75-69(72)63-60-57-54-51-18-15-12-9-6-3)77-71(74)65-62-59-56-53-50-48-45-24-22-20-17-14-11-8-5-2/h8,11,17,20,24,26-27,45,50,53,59,62,68H,4-7,9-10,12-16,18-19,21-23,25,28-44,46-49,51-52,54-58,60-61,63-67H2,1-3H3/b11-8-,20-17-,27-26-,45-24-,53-50-,62-59-. The third-order valence-corrected chi connectivity index (χ3v) is 14.7. The number of esters is 3. The average molecular weight is 1080 g/mol. The van der Waals surface area contributed by atoms with Gasteiger partial charge in [-0.3, -0.25) is 14.4 Å². The lowest BCUT2D eigenvalue weighted by Gasteiger charge is -2.18. The van der Waals surface area contributed by atoms with Gasteiger partial charge in [-0.1, -0.05) is 325 Å². The van der Waals surface area contributed by atoms with E-state index in [0.29, 0.717) is 12.8 Å². The summed E-state index contributed by atoms with van der Waals surface area (Å²) >= 11 is 0. The van der Waals surface area contributed by atoms with Gasteiger partial charge in [0.2, 0.25) is 0 Å². The van der Waals surface area contributed by atoms with Crippen LogP contribution >= 0.6 is 0 Å². The van der Waals surface area contributed by atoms with Crippen molar-refractivity contribution in [1.29, 1.82) is 0 Å². The van der Waals surface area contributed by atoms with Crippen LogP contribution in [0.1, 0.15) is 342 Å². The summed E-state index contributed by atoms with van der Waals surface area (Å²) in [6.07, 6.45) is 85.7. The monoisotopic (exact) mass is 1070 g/mol. The molecule has 0 saturated heterocycles. The normalized spacial score (nSPS) is 12.5. The topological polar surface area (TPSA) is 78.9 Å². The van der Waals surface area contributed by atoms with E-state index in [1.807, 2.05) is 6.08 Å². The van der Waals surface area contributed by atoms with Gasteiger partial charge in [0.05, 0.1) is 6.42 Å². The molecule has 0 amide bonds. The summed E-state index contributed by atoms with van der Waals surface area (Å²) in [6, 6.07) is 0. The van der Waals surface area contributed by atoms with E-state index in [4.69, 9.17) is 14.2 Å². The molecular weight excluding hydrogens is 949 g/mol. The van der Waals surface area contributed by atoms with E-state index < -0.39 is 12.1 Å². The molecule has 1 unspecified atom stereocenters. The van der Waals surface area contributed by atoms with E-state index in [1.165, 1.54) is 231 Å². The first-order valence-electron chi connectivity index (χ1n) is 33.4. The van der Waals surface area contributed by atoms with Crippen molar-refractivity contribution < 1.29 is 28.6 Å². The Morgan fingerprint density at radius 1 is 0.286 bits per heavy atom. The highest BCUT2D eigenvalue weighted by atomic mass is 16.6. The van der Waals surface area contributed by atoms with Gasteiger partial charge in [0.25, 0.3) is 0 Å². The Morgan fingerprint density at radius 2 is 0.545 bits per heavy atom. The van der Waals surface area contributed by atoms with Crippen LogP contribution in [-0.4, -0.2) is 37.2 Å². The number of hydrogen-bond donors (Lipinski definition) is 0. The molecule has 0 aromatic carbocycles. The predicted octanol–water partition coefficient (Wildman–Crippen LogP) is 22.9. The zero-order valence-corrected chi connectivity index (χ0v) is 51.2. The largest absolute Gasteiger partial charge is 0.462 e. The fourth-order valence-corrected chi connectivity index (χ4v) is 9.75. The van der Waals surface area contributed by atoms with Crippen LogP contribution in [0, 0.1) is 0 Å². The summed E-state index contributed by atoms with van der Waals surface area (Å²) in [5, 5.41) is 0. The van der Waals surface area contributed by atoms with Gasteiger partial charge in [0.15, 0.2) is 6.10 Å². The second kappa shape index (κ2) is 65.4. The highest BCUT2D eigenvalue weighted by Gasteiger charge is 2.19. The highest BCUT2D eigenvalue weighted by Crippen LogP contribution is 2.18. The quantitative estimate of drug-likeness (QED) is 0.0261. The van der Waals surface area contributed by atoms with Crippen LogP contribution < -0.4 is 0 Å². The van der Waals surface area contributed by atoms with Crippen LogP contribution in [0.2, 0.25) is 0 Å². The Kier molecular flexibility index (Phi) is 62.7. The van der Waals surface area contributed by atoms with Crippen LogP contribution in [0.15, 0.2) is 72.9 Å². The molecule has 0 aliphatic rings. The summed E-state index contributed by atoms with van der Waals surface area (Å²) in [4.78, 5) is 38.0. The van der Waals surface area contributed by atoms with Gasteiger partial charge < -0.3 is 14.2 Å². The highest BCUT2D eigenvalue weighted by molar-refractivity contribution is 5.72. The Labute approximate surface area is 478 Å². The number of hydrogen-bond acceptors (Lipinski definition) is 6. The minimum absolute atomic E-state index is 0.100. The summed E-state index contributed by atoms with van der Waals surface area (Å²) < 4.78 is 16.7. The Hall–Kier alpha value is -3.15. The van der Waals surface area contributed by atoms with E-state index >= 15 is 0 Å². The lowest BCUT2D eigenvalue weighted by molar-refractivity contribution is -0.166. The minimum atomic E-state index is -0.826. The van der Waals surface area contributed by atoms with Gasteiger partial charge in [0.1, 0.15) is 13.2 Å². The molecule has 1 atom stereocenters. The van der Waals surface area contributed by atoms with Crippen molar-refractivity contribution in [3.8, 4) is 0 Å². The molecule has 0 aliphatic heterocycles. The molecule has 0 aliphatic carbocycles. The molecule has 0 radical (unpaired) electrons. The minimum Gasteiger partial charge on any atom is -0.462 e. The molecule has 0 N–H and O–H groups in total. The second-order valence-corrected chi connectivity index (χ2v) is 22.4. The van der Waals surface area contributed by atoms with Crippen molar-refractivity contribution in [2.45, 2.75) is 348 Å². The molecule has 6 nitrogen and oxygen atoms in total. The molecule has 0 rings (SSSR count). The molecule has 77 heavy (non-hydrogen) atoms. The number of allylic oxidation sites excluding steroid dienone is 11. The van der Waals surface area contributed by atoms with Crippen molar-refractivity contribution in [1.82, 2.24) is 0 Å².